The number of aliphatic carboxylic acids is 1. The van der Waals surface area contributed by atoms with Gasteiger partial charge in [-0.3, -0.25) is 14.5 Å². The van der Waals surface area contributed by atoms with Gasteiger partial charge in [0.15, 0.2) is 0 Å². The van der Waals surface area contributed by atoms with E-state index in [9.17, 15) is 14.4 Å². The largest absolute Gasteiger partial charge is 0.479 e. The third-order valence-electron chi connectivity index (χ3n) is 2.06. The Labute approximate surface area is 67.1 Å². The van der Waals surface area contributed by atoms with Crippen molar-refractivity contribution in [2.45, 2.75) is 18.6 Å². The van der Waals surface area contributed by atoms with E-state index in [2.05, 4.69) is 5.32 Å². The molecule has 6 heteroatoms. The van der Waals surface area contributed by atoms with Crippen LogP contribution in [0.1, 0.15) is 6.42 Å². The molecule has 2 saturated heterocycles. The zero-order valence-corrected chi connectivity index (χ0v) is 5.98. The molecule has 0 bridgehead atoms. The third kappa shape index (κ3) is 0.662. The monoisotopic (exact) mass is 170 g/mol. The van der Waals surface area contributed by atoms with E-state index < -0.39 is 17.9 Å². The first-order valence-electron chi connectivity index (χ1n) is 3.45. The summed E-state index contributed by atoms with van der Waals surface area (Å²) in [6.07, 6.45) is -0.165. The van der Waals surface area contributed by atoms with Gasteiger partial charge in [-0.25, -0.2) is 4.79 Å². The molecule has 2 N–H and O–H groups in total. The quantitative estimate of drug-likeness (QED) is 0.356. The number of fused-ring (bicyclic) bond motifs is 1. The van der Waals surface area contributed by atoms with Crippen LogP contribution in [0, 0.1) is 0 Å². The Hall–Kier alpha value is -1.59. The number of nitrogens with zero attached hydrogens (tertiary/aromatic N) is 1. The molecule has 2 fully saturated rings. The Bertz CT molecular complexity index is 287. The Morgan fingerprint density at radius 3 is 2.67 bits per heavy atom. The van der Waals surface area contributed by atoms with Crippen molar-refractivity contribution in [2.75, 3.05) is 0 Å². The molecule has 2 aliphatic heterocycles. The Kier molecular flexibility index (Phi) is 1.16. The fourth-order valence-corrected chi connectivity index (χ4v) is 1.48. The first-order valence-corrected chi connectivity index (χ1v) is 3.45. The summed E-state index contributed by atoms with van der Waals surface area (Å²) in [5.41, 5.74) is 0. The standard InChI is InChI=1S/C6H6N2O4/c9-3-1-2-7-5(10)4(6(11)12)8(2)3/h2,4H,1H2,(H,7,10)(H,11,12)/t2-,4+/m0/s1. The second-order valence-electron chi connectivity index (χ2n) is 2.77. The number of amides is 2. The molecular formula is C6H6N2O4. The van der Waals surface area contributed by atoms with Crippen LogP contribution in [0.5, 0.6) is 0 Å². The van der Waals surface area contributed by atoms with E-state index in [1.165, 1.54) is 0 Å². The zero-order chi connectivity index (χ0) is 8.88. The summed E-state index contributed by atoms with van der Waals surface area (Å²) in [4.78, 5) is 33.3. The van der Waals surface area contributed by atoms with Crippen molar-refractivity contribution in [3.8, 4) is 0 Å². The van der Waals surface area contributed by atoms with Gasteiger partial charge in [-0.1, -0.05) is 0 Å². The van der Waals surface area contributed by atoms with Crippen molar-refractivity contribution < 1.29 is 19.5 Å². The fraction of sp³-hybridized carbons (Fsp3) is 0.500. The van der Waals surface area contributed by atoms with Crippen LogP contribution in [-0.4, -0.2) is 40.0 Å². The van der Waals surface area contributed by atoms with Crippen molar-refractivity contribution in [3.63, 3.8) is 0 Å². The minimum atomic E-state index is -1.31. The van der Waals surface area contributed by atoms with Crippen LogP contribution in [-0.2, 0) is 14.4 Å². The average molecular weight is 170 g/mol. The molecule has 2 heterocycles. The molecule has 0 saturated carbocycles. The predicted molar refractivity (Wildman–Crippen MR) is 34.8 cm³/mol. The number of rotatable bonds is 1. The number of carbonyl (C=O) groups excluding carboxylic acids is 2. The molecule has 0 aliphatic carbocycles. The van der Waals surface area contributed by atoms with Gasteiger partial charge in [0, 0.05) is 0 Å². The third-order valence-corrected chi connectivity index (χ3v) is 2.06. The molecule has 0 unspecified atom stereocenters. The molecular weight excluding hydrogens is 164 g/mol. The number of carboxylic acids is 1. The number of β-lactam (4-membered cyclic amide) rings is 1. The predicted octanol–water partition coefficient (Wildman–Crippen LogP) is -1.87. The minimum absolute atomic E-state index is 0.218. The second kappa shape index (κ2) is 1.96. The molecule has 12 heavy (non-hydrogen) atoms. The summed E-state index contributed by atoms with van der Waals surface area (Å²) in [6.45, 7) is 0. The summed E-state index contributed by atoms with van der Waals surface area (Å²) in [5.74, 6) is -2.16. The van der Waals surface area contributed by atoms with Crippen LogP contribution in [0.15, 0.2) is 0 Å². The van der Waals surface area contributed by atoms with Crippen LogP contribution in [0.25, 0.3) is 0 Å². The number of carbonyl (C=O) groups is 3. The molecule has 2 atom stereocenters. The van der Waals surface area contributed by atoms with Crippen molar-refractivity contribution in [3.05, 3.63) is 0 Å². The molecule has 2 aliphatic rings. The van der Waals surface area contributed by atoms with Gasteiger partial charge >= 0.3 is 5.97 Å². The Morgan fingerprint density at radius 2 is 2.25 bits per heavy atom. The first kappa shape index (κ1) is 7.08. The molecule has 0 aromatic heterocycles. The highest BCUT2D eigenvalue weighted by atomic mass is 16.4. The molecule has 6 nitrogen and oxygen atoms in total. The molecule has 0 radical (unpaired) electrons. The highest BCUT2D eigenvalue weighted by Crippen LogP contribution is 2.25. The van der Waals surface area contributed by atoms with Crippen molar-refractivity contribution >= 4 is 17.8 Å². The lowest BCUT2D eigenvalue weighted by molar-refractivity contribution is -0.158. The molecule has 2 amide bonds. The summed E-state index contributed by atoms with van der Waals surface area (Å²) in [7, 11) is 0. The summed E-state index contributed by atoms with van der Waals surface area (Å²) in [6, 6.07) is -1.31. The Morgan fingerprint density at radius 1 is 1.58 bits per heavy atom. The van der Waals surface area contributed by atoms with Crippen LogP contribution >= 0.6 is 0 Å². The lowest BCUT2D eigenvalue weighted by Crippen LogP contribution is -2.56. The van der Waals surface area contributed by atoms with Crippen molar-refractivity contribution in [1.82, 2.24) is 10.2 Å². The van der Waals surface area contributed by atoms with Gasteiger partial charge in [-0.15, -0.1) is 0 Å². The van der Waals surface area contributed by atoms with Gasteiger partial charge in [0.25, 0.3) is 5.91 Å². The number of hydrogen-bond acceptors (Lipinski definition) is 3. The van der Waals surface area contributed by atoms with Crippen LogP contribution in [0.2, 0.25) is 0 Å². The first-order chi connectivity index (χ1) is 5.61. The smallest absolute Gasteiger partial charge is 0.336 e. The maximum absolute atomic E-state index is 10.9. The maximum atomic E-state index is 10.9. The van der Waals surface area contributed by atoms with Crippen LogP contribution in [0.3, 0.4) is 0 Å². The Balaban J connectivity index is 2.26. The fourth-order valence-electron chi connectivity index (χ4n) is 1.48. The molecule has 0 aromatic carbocycles. The topological polar surface area (TPSA) is 86.7 Å². The van der Waals surface area contributed by atoms with Gasteiger partial charge in [-0.05, 0) is 0 Å². The van der Waals surface area contributed by atoms with E-state index in [4.69, 9.17) is 5.11 Å². The maximum Gasteiger partial charge on any atom is 0.336 e. The summed E-state index contributed by atoms with van der Waals surface area (Å²) < 4.78 is 0. The van der Waals surface area contributed by atoms with E-state index in [1.54, 1.807) is 0 Å². The van der Waals surface area contributed by atoms with Crippen LogP contribution < -0.4 is 5.32 Å². The van der Waals surface area contributed by atoms with Gasteiger partial charge in [0.05, 0.1) is 6.42 Å². The zero-order valence-electron chi connectivity index (χ0n) is 5.98. The highest BCUT2D eigenvalue weighted by molar-refractivity contribution is 6.08. The normalized spacial score (nSPS) is 32.5. The summed E-state index contributed by atoms with van der Waals surface area (Å²) in [5, 5.41) is 11.0. The molecule has 0 aromatic rings. The summed E-state index contributed by atoms with van der Waals surface area (Å²) >= 11 is 0. The van der Waals surface area contributed by atoms with Gasteiger partial charge in [-0.2, -0.15) is 0 Å². The average Bonchev–Trinajstić information content (AvgIpc) is 2.22. The lowest BCUT2D eigenvalue weighted by atomic mass is 10.1. The molecule has 2 rings (SSSR count). The van der Waals surface area contributed by atoms with E-state index in [0.717, 1.165) is 4.90 Å². The van der Waals surface area contributed by atoms with Gasteiger partial charge in [0.2, 0.25) is 11.9 Å². The van der Waals surface area contributed by atoms with Crippen LogP contribution in [0.4, 0.5) is 0 Å². The highest BCUT2D eigenvalue weighted by Gasteiger charge is 2.53. The molecule has 0 spiro atoms. The van der Waals surface area contributed by atoms with Gasteiger partial charge in [0.1, 0.15) is 6.17 Å². The van der Waals surface area contributed by atoms with E-state index in [0.29, 0.717) is 0 Å². The SMILES string of the molecule is O=C(O)[C@H]1C(=O)N[C@@H]2CC(=O)N12. The minimum Gasteiger partial charge on any atom is -0.479 e. The van der Waals surface area contributed by atoms with Crippen molar-refractivity contribution in [1.29, 1.82) is 0 Å². The second-order valence-corrected chi connectivity index (χ2v) is 2.77. The van der Waals surface area contributed by atoms with E-state index in [-0.39, 0.29) is 18.5 Å². The van der Waals surface area contributed by atoms with E-state index >= 15 is 0 Å². The van der Waals surface area contributed by atoms with E-state index in [1.807, 2.05) is 0 Å². The number of nitrogens with one attached hydrogen (secondary N) is 1. The van der Waals surface area contributed by atoms with Gasteiger partial charge < -0.3 is 10.4 Å². The van der Waals surface area contributed by atoms with Crippen molar-refractivity contribution in [2.24, 2.45) is 0 Å². The number of carboxylic acid groups (broad SMARTS) is 1. The molecule has 64 valence electrons. The number of hydrogen-bond donors (Lipinski definition) is 2. The lowest BCUT2D eigenvalue weighted by Gasteiger charge is -2.34.